The number of hydrogen-bond donors (Lipinski definition) is 0. The number of ether oxygens (including phenoxy) is 4. The van der Waals surface area contributed by atoms with Gasteiger partial charge in [0.15, 0.2) is 0 Å². The van der Waals surface area contributed by atoms with Crippen LogP contribution in [-0.4, -0.2) is 41.7 Å². The van der Waals surface area contributed by atoms with E-state index >= 15 is 8.78 Å². The largest absolute Gasteiger partial charge is 0.374 e. The lowest BCUT2D eigenvalue weighted by Crippen LogP contribution is -2.67. The van der Waals surface area contributed by atoms with E-state index in [0.717, 1.165) is 23.6 Å². The molecule has 1 aliphatic heterocycles. The number of Topliss-reactive ketones (excluding diaryl/α,β-unsaturated/α-hetero) is 1. The average molecular weight is 559 g/mol. The summed E-state index contributed by atoms with van der Waals surface area (Å²) < 4.78 is 55.2. The second kappa shape index (κ2) is 13.1. The van der Waals surface area contributed by atoms with E-state index in [-0.39, 0.29) is 26.4 Å². The Morgan fingerprint density at radius 1 is 0.821 bits per heavy atom. The Morgan fingerprint density at radius 3 is 1.72 bits per heavy atom. The van der Waals surface area contributed by atoms with Crippen LogP contribution in [0.2, 0.25) is 0 Å². The molecule has 0 radical (unpaired) electrons. The fraction of sp³-hybridized carbons (Fsp3) is 0.387. The lowest BCUT2D eigenvalue weighted by atomic mass is 9.83. The Balaban J connectivity index is 1.63. The van der Waals surface area contributed by atoms with E-state index in [0.29, 0.717) is 0 Å². The van der Waals surface area contributed by atoms with Crippen LogP contribution >= 0.6 is 11.6 Å². The van der Waals surface area contributed by atoms with E-state index in [1.165, 1.54) is 6.92 Å². The number of hydrogen-bond acceptors (Lipinski definition) is 5. The van der Waals surface area contributed by atoms with E-state index < -0.39 is 41.0 Å². The van der Waals surface area contributed by atoms with Gasteiger partial charge in [-0.3, -0.25) is 4.79 Å². The lowest BCUT2D eigenvalue weighted by molar-refractivity contribution is -0.294. The molecule has 0 aromatic heterocycles. The number of carbonyl (C=O) groups excluding carboxylic acids is 1. The zero-order valence-corrected chi connectivity index (χ0v) is 22.7. The van der Waals surface area contributed by atoms with Crippen LogP contribution < -0.4 is 0 Å². The van der Waals surface area contributed by atoms with Crippen LogP contribution in [0.4, 0.5) is 8.78 Å². The molecule has 0 saturated carbocycles. The molecule has 39 heavy (non-hydrogen) atoms. The molecule has 3 aromatic rings. The smallest absolute Gasteiger partial charge is 0.347 e. The van der Waals surface area contributed by atoms with Gasteiger partial charge in [0.2, 0.25) is 10.8 Å². The predicted molar refractivity (Wildman–Crippen MR) is 144 cm³/mol. The van der Waals surface area contributed by atoms with Gasteiger partial charge >= 0.3 is 5.92 Å². The summed E-state index contributed by atoms with van der Waals surface area (Å²) in [5.74, 6) is -6.49. The molecule has 3 aromatic carbocycles. The third kappa shape index (κ3) is 6.91. The van der Waals surface area contributed by atoms with Crippen molar-refractivity contribution in [2.24, 2.45) is 5.92 Å². The Kier molecular flexibility index (Phi) is 9.86. The highest BCUT2D eigenvalue weighted by atomic mass is 35.5. The van der Waals surface area contributed by atoms with Crippen LogP contribution in [0, 0.1) is 5.92 Å². The summed E-state index contributed by atoms with van der Waals surface area (Å²) in [5.41, 5.74) is 2.66. The van der Waals surface area contributed by atoms with Crippen molar-refractivity contribution in [3.05, 3.63) is 108 Å². The Bertz CT molecular complexity index is 1180. The minimum atomic E-state index is -3.98. The van der Waals surface area contributed by atoms with E-state index in [1.807, 2.05) is 91.0 Å². The van der Waals surface area contributed by atoms with Crippen LogP contribution in [0.3, 0.4) is 0 Å². The van der Waals surface area contributed by atoms with Gasteiger partial charge in [-0.2, -0.15) is 8.78 Å². The minimum Gasteiger partial charge on any atom is -0.374 e. The maximum Gasteiger partial charge on any atom is 0.347 e. The van der Waals surface area contributed by atoms with Gasteiger partial charge in [0.05, 0.1) is 32.5 Å². The number of benzene rings is 3. The first-order valence-corrected chi connectivity index (χ1v) is 13.3. The molecule has 1 fully saturated rings. The van der Waals surface area contributed by atoms with Crippen molar-refractivity contribution in [3.8, 4) is 0 Å². The zero-order valence-electron chi connectivity index (χ0n) is 22.0. The predicted octanol–water partition coefficient (Wildman–Crippen LogP) is 6.57. The van der Waals surface area contributed by atoms with Gasteiger partial charge in [0, 0.05) is 12.8 Å². The van der Waals surface area contributed by atoms with Crippen molar-refractivity contribution < 1.29 is 32.5 Å². The third-order valence-electron chi connectivity index (χ3n) is 6.93. The zero-order chi connectivity index (χ0) is 27.9. The van der Waals surface area contributed by atoms with Gasteiger partial charge in [0.25, 0.3) is 0 Å². The van der Waals surface area contributed by atoms with Crippen LogP contribution in [0.5, 0.6) is 0 Å². The highest BCUT2D eigenvalue weighted by Gasteiger charge is 2.67. The fourth-order valence-electron chi connectivity index (χ4n) is 4.67. The standard InChI is InChI=1S/C31H33ClF2O5/c1-22-28(37-19-25-14-8-4-9-15-25)29(38-20-26-16-10-5-11-17-26)27(21-36-18-24-12-6-3-7-13-24)39-30(22,32)31(33,34)23(2)35/h3-17,22,27-29H,18-21H2,1-2H3/t22-,27-,28-,29-,30?/m1/s1. The molecule has 0 bridgehead atoms. The van der Waals surface area contributed by atoms with Gasteiger partial charge in [-0.1, -0.05) is 110 Å². The molecule has 1 aliphatic rings. The monoisotopic (exact) mass is 558 g/mol. The highest BCUT2D eigenvalue weighted by molar-refractivity contribution is 6.25. The minimum absolute atomic E-state index is 0.102. The maximum atomic E-state index is 15.4. The molecule has 0 spiro atoms. The Morgan fingerprint density at radius 2 is 1.26 bits per heavy atom. The van der Waals surface area contributed by atoms with Crippen molar-refractivity contribution in [2.75, 3.05) is 6.61 Å². The number of carbonyl (C=O) groups is 1. The molecule has 208 valence electrons. The molecule has 5 atom stereocenters. The number of alkyl halides is 3. The molecule has 1 saturated heterocycles. The molecule has 0 aliphatic carbocycles. The van der Waals surface area contributed by atoms with E-state index in [4.69, 9.17) is 30.5 Å². The van der Waals surface area contributed by atoms with Gasteiger partial charge in [-0.15, -0.1) is 0 Å². The van der Waals surface area contributed by atoms with Crippen LogP contribution in [0.25, 0.3) is 0 Å². The van der Waals surface area contributed by atoms with E-state index in [2.05, 4.69) is 0 Å². The molecule has 0 amide bonds. The normalized spacial score (nSPS) is 25.4. The molecule has 8 heteroatoms. The van der Waals surface area contributed by atoms with Crippen molar-refractivity contribution in [1.82, 2.24) is 0 Å². The molecule has 5 nitrogen and oxygen atoms in total. The summed E-state index contributed by atoms with van der Waals surface area (Å²) in [6.45, 7) is 2.76. The summed E-state index contributed by atoms with van der Waals surface area (Å²) in [6, 6.07) is 28.3. The van der Waals surface area contributed by atoms with Gasteiger partial charge in [-0.25, -0.2) is 0 Å². The molecule has 1 heterocycles. The average Bonchev–Trinajstić information content (AvgIpc) is 2.95. The first-order chi connectivity index (χ1) is 18.7. The van der Waals surface area contributed by atoms with Gasteiger partial charge < -0.3 is 18.9 Å². The molecule has 0 N–H and O–H groups in total. The third-order valence-corrected chi connectivity index (χ3v) is 7.60. The van der Waals surface area contributed by atoms with Crippen LogP contribution in [0.15, 0.2) is 91.0 Å². The van der Waals surface area contributed by atoms with Crippen molar-refractivity contribution in [3.63, 3.8) is 0 Å². The van der Waals surface area contributed by atoms with Gasteiger partial charge in [0.1, 0.15) is 12.2 Å². The van der Waals surface area contributed by atoms with Crippen LogP contribution in [0.1, 0.15) is 30.5 Å². The molecular formula is C31H33ClF2O5. The lowest BCUT2D eigenvalue weighted by Gasteiger charge is -2.51. The van der Waals surface area contributed by atoms with Crippen molar-refractivity contribution in [1.29, 1.82) is 0 Å². The molecule has 1 unspecified atom stereocenters. The number of ketones is 1. The Labute approximate surface area is 233 Å². The Hall–Kier alpha value is -2.68. The first-order valence-electron chi connectivity index (χ1n) is 12.9. The van der Waals surface area contributed by atoms with E-state index in [9.17, 15) is 4.79 Å². The first kappa shape index (κ1) is 29.3. The summed E-state index contributed by atoms with van der Waals surface area (Å²) in [5, 5.41) is -2.66. The number of rotatable bonds is 12. The topological polar surface area (TPSA) is 54.0 Å². The molecular weight excluding hydrogens is 526 g/mol. The quantitative estimate of drug-likeness (QED) is 0.235. The van der Waals surface area contributed by atoms with Crippen molar-refractivity contribution >= 4 is 17.4 Å². The summed E-state index contributed by atoms with van der Waals surface area (Å²) in [6.07, 6.45) is -2.79. The van der Waals surface area contributed by atoms with Crippen LogP contribution in [-0.2, 0) is 43.6 Å². The summed E-state index contributed by atoms with van der Waals surface area (Å²) in [4.78, 5) is 12.1. The number of halogens is 3. The fourth-order valence-corrected chi connectivity index (χ4v) is 5.04. The van der Waals surface area contributed by atoms with E-state index in [1.54, 1.807) is 0 Å². The SMILES string of the molecule is CC(=O)C(F)(F)C1(Cl)O[C@H](COCc2ccccc2)[C@@H](OCc2ccccc2)[C@H](OCc2ccccc2)[C@H]1C. The maximum absolute atomic E-state index is 15.4. The van der Waals surface area contributed by atoms with Crippen molar-refractivity contribution in [2.45, 2.75) is 63.0 Å². The highest BCUT2D eigenvalue weighted by Crippen LogP contribution is 2.50. The summed E-state index contributed by atoms with van der Waals surface area (Å²) in [7, 11) is 0. The second-order valence-electron chi connectivity index (χ2n) is 9.74. The summed E-state index contributed by atoms with van der Waals surface area (Å²) >= 11 is 6.58. The second-order valence-corrected chi connectivity index (χ2v) is 10.3. The molecule has 4 rings (SSSR count). The van der Waals surface area contributed by atoms with Gasteiger partial charge in [-0.05, 0) is 16.7 Å².